The van der Waals surface area contributed by atoms with E-state index in [1.807, 2.05) is 30.3 Å². The minimum Gasteiger partial charge on any atom is -0.497 e. The highest BCUT2D eigenvalue weighted by Gasteiger charge is 2.26. The van der Waals surface area contributed by atoms with E-state index in [9.17, 15) is 0 Å². The minimum absolute atomic E-state index is 0.258. The molecule has 0 unspecified atom stereocenters. The first-order valence-electron chi connectivity index (χ1n) is 8.64. The molecule has 4 nitrogen and oxygen atoms in total. The largest absolute Gasteiger partial charge is 0.497 e. The normalized spacial score (nSPS) is 20.3. The maximum atomic E-state index is 6.14. The van der Waals surface area contributed by atoms with Crippen molar-refractivity contribution in [1.29, 1.82) is 0 Å². The fraction of sp³-hybridized carbons (Fsp3) is 0.400. The molecular weight excluding hydrogens is 336 g/mol. The number of rotatable bonds is 6. The molecule has 1 heterocycles. The van der Waals surface area contributed by atoms with Crippen LogP contribution in [-0.2, 0) is 6.54 Å². The van der Waals surface area contributed by atoms with Crippen molar-refractivity contribution in [2.45, 2.75) is 31.5 Å². The fourth-order valence-electron chi connectivity index (χ4n) is 3.42. The average molecular weight is 361 g/mol. The SMILES string of the molecule is COc1cccc([C@H]2NCCC[C@H]2NCc2cc(Cl)ccc2OC)c1. The van der Waals surface area contributed by atoms with Gasteiger partial charge in [-0.2, -0.15) is 0 Å². The summed E-state index contributed by atoms with van der Waals surface area (Å²) < 4.78 is 10.8. The van der Waals surface area contributed by atoms with Crippen molar-refractivity contribution in [2.24, 2.45) is 0 Å². The summed E-state index contributed by atoms with van der Waals surface area (Å²) in [6, 6.07) is 14.6. The molecule has 25 heavy (non-hydrogen) atoms. The molecule has 2 aromatic rings. The third kappa shape index (κ3) is 4.46. The summed E-state index contributed by atoms with van der Waals surface area (Å²) >= 11 is 6.14. The monoisotopic (exact) mass is 360 g/mol. The Balaban J connectivity index is 1.74. The van der Waals surface area contributed by atoms with Crippen molar-refractivity contribution in [3.05, 3.63) is 58.6 Å². The van der Waals surface area contributed by atoms with E-state index in [1.54, 1.807) is 14.2 Å². The summed E-state index contributed by atoms with van der Waals surface area (Å²) in [4.78, 5) is 0. The fourth-order valence-corrected chi connectivity index (χ4v) is 3.61. The molecule has 0 aromatic heterocycles. The predicted octanol–water partition coefficient (Wildman–Crippen LogP) is 3.94. The number of hydrogen-bond donors (Lipinski definition) is 2. The second-order valence-corrected chi connectivity index (χ2v) is 6.73. The van der Waals surface area contributed by atoms with E-state index in [2.05, 4.69) is 22.8 Å². The van der Waals surface area contributed by atoms with Crippen LogP contribution in [0, 0.1) is 0 Å². The molecule has 1 aliphatic rings. The standard InChI is InChI=1S/C20H25ClN2O2/c1-24-17-6-3-5-14(12-17)20-18(7-4-10-22-20)23-13-15-11-16(21)8-9-19(15)25-2/h3,5-6,8-9,11-12,18,20,22-23H,4,7,10,13H2,1-2H3/t18-,20-/m1/s1. The molecule has 0 amide bonds. The zero-order valence-corrected chi connectivity index (χ0v) is 15.5. The van der Waals surface area contributed by atoms with Gasteiger partial charge in [0.2, 0.25) is 0 Å². The average Bonchev–Trinajstić information content (AvgIpc) is 2.66. The van der Waals surface area contributed by atoms with E-state index >= 15 is 0 Å². The second kappa shape index (κ2) is 8.56. The quantitative estimate of drug-likeness (QED) is 0.818. The van der Waals surface area contributed by atoms with Gasteiger partial charge in [0, 0.05) is 29.2 Å². The van der Waals surface area contributed by atoms with Gasteiger partial charge < -0.3 is 20.1 Å². The van der Waals surface area contributed by atoms with E-state index in [1.165, 1.54) is 5.56 Å². The summed E-state index contributed by atoms with van der Waals surface area (Å²) in [5, 5.41) is 8.05. The van der Waals surface area contributed by atoms with E-state index in [0.29, 0.717) is 6.04 Å². The van der Waals surface area contributed by atoms with Crippen LogP contribution in [0.1, 0.15) is 30.0 Å². The van der Waals surface area contributed by atoms with Gasteiger partial charge in [0.1, 0.15) is 11.5 Å². The van der Waals surface area contributed by atoms with Gasteiger partial charge in [0.25, 0.3) is 0 Å². The first kappa shape index (κ1) is 18.1. The molecule has 1 saturated heterocycles. The van der Waals surface area contributed by atoms with Crippen LogP contribution in [0.5, 0.6) is 11.5 Å². The molecule has 1 aliphatic heterocycles. The lowest BCUT2D eigenvalue weighted by Gasteiger charge is -2.34. The zero-order valence-electron chi connectivity index (χ0n) is 14.7. The molecule has 0 bridgehead atoms. The summed E-state index contributed by atoms with van der Waals surface area (Å²) in [5.74, 6) is 1.75. The third-order valence-electron chi connectivity index (χ3n) is 4.71. The van der Waals surface area contributed by atoms with Gasteiger partial charge in [-0.3, -0.25) is 0 Å². The number of methoxy groups -OCH3 is 2. The van der Waals surface area contributed by atoms with Crippen molar-refractivity contribution < 1.29 is 9.47 Å². The van der Waals surface area contributed by atoms with Gasteiger partial charge in [0.15, 0.2) is 0 Å². The molecule has 5 heteroatoms. The summed E-state index contributed by atoms with van der Waals surface area (Å²) in [6.07, 6.45) is 2.28. The van der Waals surface area contributed by atoms with Crippen molar-refractivity contribution in [2.75, 3.05) is 20.8 Å². The maximum Gasteiger partial charge on any atom is 0.123 e. The van der Waals surface area contributed by atoms with Crippen molar-refractivity contribution in [3.8, 4) is 11.5 Å². The van der Waals surface area contributed by atoms with Gasteiger partial charge in [-0.25, -0.2) is 0 Å². The highest BCUT2D eigenvalue weighted by molar-refractivity contribution is 6.30. The molecular formula is C20H25ClN2O2. The summed E-state index contributed by atoms with van der Waals surface area (Å²) in [7, 11) is 3.39. The van der Waals surface area contributed by atoms with Crippen LogP contribution in [0.15, 0.2) is 42.5 Å². The third-order valence-corrected chi connectivity index (χ3v) is 4.94. The van der Waals surface area contributed by atoms with Gasteiger partial charge in [0.05, 0.1) is 14.2 Å². The molecule has 2 N–H and O–H groups in total. The first-order valence-corrected chi connectivity index (χ1v) is 9.02. The molecule has 1 fully saturated rings. The Morgan fingerprint density at radius 2 is 2.04 bits per heavy atom. The molecule has 3 rings (SSSR count). The van der Waals surface area contributed by atoms with Gasteiger partial charge in [-0.05, 0) is 55.3 Å². The number of nitrogens with one attached hydrogen (secondary N) is 2. The van der Waals surface area contributed by atoms with Crippen LogP contribution in [0.4, 0.5) is 0 Å². The lowest BCUT2D eigenvalue weighted by Crippen LogP contribution is -2.45. The Hall–Kier alpha value is -1.75. The Morgan fingerprint density at radius 1 is 1.16 bits per heavy atom. The highest BCUT2D eigenvalue weighted by atomic mass is 35.5. The van der Waals surface area contributed by atoms with E-state index in [0.717, 1.165) is 48.0 Å². The lowest BCUT2D eigenvalue weighted by molar-refractivity contribution is 0.302. The summed E-state index contributed by atoms with van der Waals surface area (Å²) in [5.41, 5.74) is 2.32. The number of hydrogen-bond acceptors (Lipinski definition) is 4. The minimum atomic E-state index is 0.258. The first-order chi connectivity index (χ1) is 12.2. The summed E-state index contributed by atoms with van der Waals surface area (Å²) in [6.45, 7) is 1.75. The zero-order chi connectivity index (χ0) is 17.6. The number of benzene rings is 2. The van der Waals surface area contributed by atoms with Crippen molar-refractivity contribution >= 4 is 11.6 Å². The Bertz CT molecular complexity index is 708. The van der Waals surface area contributed by atoms with E-state index in [4.69, 9.17) is 21.1 Å². The number of piperidine rings is 1. The molecule has 2 atom stereocenters. The Kier molecular flexibility index (Phi) is 6.19. The Labute approximate surface area is 154 Å². The number of ether oxygens (including phenoxy) is 2. The second-order valence-electron chi connectivity index (χ2n) is 6.29. The van der Waals surface area contributed by atoms with Crippen molar-refractivity contribution in [1.82, 2.24) is 10.6 Å². The van der Waals surface area contributed by atoms with Crippen LogP contribution in [0.25, 0.3) is 0 Å². The van der Waals surface area contributed by atoms with E-state index < -0.39 is 0 Å². The lowest BCUT2D eigenvalue weighted by atomic mass is 9.92. The van der Waals surface area contributed by atoms with Gasteiger partial charge in [-0.1, -0.05) is 23.7 Å². The van der Waals surface area contributed by atoms with Crippen molar-refractivity contribution in [3.63, 3.8) is 0 Å². The molecule has 2 aromatic carbocycles. The van der Waals surface area contributed by atoms with Gasteiger partial charge in [-0.15, -0.1) is 0 Å². The van der Waals surface area contributed by atoms with Crippen LogP contribution >= 0.6 is 11.6 Å². The van der Waals surface area contributed by atoms with E-state index in [-0.39, 0.29) is 6.04 Å². The van der Waals surface area contributed by atoms with Crippen LogP contribution in [-0.4, -0.2) is 26.8 Å². The molecule has 134 valence electrons. The Morgan fingerprint density at radius 3 is 2.84 bits per heavy atom. The topological polar surface area (TPSA) is 42.5 Å². The molecule has 0 radical (unpaired) electrons. The number of halogens is 1. The maximum absolute atomic E-state index is 6.14. The van der Waals surface area contributed by atoms with Gasteiger partial charge >= 0.3 is 0 Å². The van der Waals surface area contributed by atoms with Crippen LogP contribution in [0.2, 0.25) is 5.02 Å². The van der Waals surface area contributed by atoms with Crippen LogP contribution in [0.3, 0.4) is 0 Å². The smallest absolute Gasteiger partial charge is 0.123 e. The van der Waals surface area contributed by atoms with Crippen LogP contribution < -0.4 is 20.1 Å². The highest BCUT2D eigenvalue weighted by Crippen LogP contribution is 2.28. The molecule has 0 aliphatic carbocycles. The molecule has 0 saturated carbocycles. The predicted molar refractivity (Wildman–Crippen MR) is 102 cm³/mol. The molecule has 0 spiro atoms.